The van der Waals surface area contributed by atoms with Gasteiger partial charge in [-0.15, -0.1) is 6.42 Å². The number of halogens is 1. The first-order chi connectivity index (χ1) is 10.2. The van der Waals surface area contributed by atoms with Crippen molar-refractivity contribution < 1.29 is 9.84 Å². The molecule has 1 fully saturated rings. The molecule has 1 N–H and O–H groups in total. The van der Waals surface area contributed by atoms with Gasteiger partial charge in [0.15, 0.2) is 0 Å². The van der Waals surface area contributed by atoms with Crippen molar-refractivity contribution in [3.8, 4) is 12.3 Å². The number of aliphatic hydroxyl groups excluding tert-OH is 1. The molecular weight excluding hydrogens is 288 g/mol. The monoisotopic (exact) mass is 308 g/mol. The van der Waals surface area contributed by atoms with Gasteiger partial charge in [0.2, 0.25) is 0 Å². The van der Waals surface area contributed by atoms with E-state index in [4.69, 9.17) is 22.8 Å². The van der Waals surface area contributed by atoms with E-state index in [9.17, 15) is 5.11 Å². The Bertz CT molecular complexity index is 464. The fraction of sp³-hybridized carbons (Fsp3) is 0.500. The Labute approximate surface area is 131 Å². The molecule has 0 saturated carbocycles. The summed E-state index contributed by atoms with van der Waals surface area (Å²) in [7, 11) is 0. The lowest BCUT2D eigenvalue weighted by Crippen LogP contribution is -2.49. The lowest BCUT2D eigenvalue weighted by Gasteiger charge is -2.36. The number of hydrogen-bond acceptors (Lipinski definition) is 4. The molecule has 0 spiro atoms. The summed E-state index contributed by atoms with van der Waals surface area (Å²) in [5, 5.41) is 10.6. The highest BCUT2D eigenvalue weighted by molar-refractivity contribution is 6.30. The van der Waals surface area contributed by atoms with E-state index in [2.05, 4.69) is 15.7 Å². The smallest absolute Gasteiger partial charge is 0.107 e. The maximum Gasteiger partial charge on any atom is 0.107 e. The molecule has 0 aliphatic carbocycles. The fourth-order valence-corrected chi connectivity index (χ4v) is 2.57. The van der Waals surface area contributed by atoms with E-state index in [1.165, 1.54) is 5.69 Å². The average Bonchev–Trinajstić information content (AvgIpc) is 2.49. The van der Waals surface area contributed by atoms with Crippen molar-refractivity contribution in [2.24, 2.45) is 0 Å². The van der Waals surface area contributed by atoms with Crippen LogP contribution < -0.4 is 4.90 Å². The molecule has 0 radical (unpaired) electrons. The minimum atomic E-state index is -0.486. The maximum atomic E-state index is 9.88. The minimum absolute atomic E-state index is 0.251. The van der Waals surface area contributed by atoms with Crippen molar-refractivity contribution in [3.63, 3.8) is 0 Å². The Morgan fingerprint density at radius 1 is 1.24 bits per heavy atom. The standard InChI is InChI=1S/C16H21ClN2O2/c1-2-11-21-13-16(20)12-18-7-9-19(10-8-18)15-5-3-14(17)4-6-15/h1,3-6,16,20H,7-13H2. The van der Waals surface area contributed by atoms with Gasteiger partial charge in [-0.3, -0.25) is 4.90 Å². The molecule has 0 amide bonds. The van der Waals surface area contributed by atoms with Gasteiger partial charge in [0.1, 0.15) is 6.61 Å². The Balaban J connectivity index is 1.73. The first-order valence-electron chi connectivity index (χ1n) is 7.11. The predicted molar refractivity (Wildman–Crippen MR) is 85.8 cm³/mol. The molecule has 114 valence electrons. The van der Waals surface area contributed by atoms with Crippen molar-refractivity contribution in [1.82, 2.24) is 4.90 Å². The highest BCUT2D eigenvalue weighted by atomic mass is 35.5. The quantitative estimate of drug-likeness (QED) is 0.638. The first kappa shape index (κ1) is 16.1. The summed E-state index contributed by atoms with van der Waals surface area (Å²) in [6.45, 7) is 4.91. The van der Waals surface area contributed by atoms with Crippen LogP contribution in [0.25, 0.3) is 0 Å². The zero-order valence-corrected chi connectivity index (χ0v) is 12.8. The molecule has 1 aliphatic heterocycles. The van der Waals surface area contributed by atoms with Crippen molar-refractivity contribution in [1.29, 1.82) is 0 Å². The number of terminal acetylenes is 1. The molecule has 4 nitrogen and oxygen atoms in total. The molecule has 1 atom stereocenters. The lowest BCUT2D eigenvalue weighted by molar-refractivity contribution is 0.0267. The van der Waals surface area contributed by atoms with Crippen LogP contribution in [0.2, 0.25) is 5.02 Å². The van der Waals surface area contributed by atoms with Crippen LogP contribution in [0.5, 0.6) is 0 Å². The number of nitrogens with zero attached hydrogens (tertiary/aromatic N) is 2. The summed E-state index contributed by atoms with van der Waals surface area (Å²) in [6, 6.07) is 7.91. The molecule has 0 bridgehead atoms. The normalized spacial score (nSPS) is 17.5. The molecule has 0 aromatic heterocycles. The Kier molecular flexibility index (Phi) is 6.34. The second kappa shape index (κ2) is 8.26. The molecule has 5 heteroatoms. The van der Waals surface area contributed by atoms with Gasteiger partial charge < -0.3 is 14.7 Å². The molecule has 2 rings (SSSR count). The number of hydrogen-bond donors (Lipinski definition) is 1. The highest BCUT2D eigenvalue weighted by Gasteiger charge is 2.19. The molecule has 1 aromatic carbocycles. The third-order valence-corrected chi connectivity index (χ3v) is 3.78. The number of aliphatic hydroxyl groups is 1. The second-order valence-corrected chi connectivity index (χ2v) is 5.57. The van der Waals surface area contributed by atoms with Gasteiger partial charge in [-0.25, -0.2) is 0 Å². The van der Waals surface area contributed by atoms with Crippen LogP contribution in [-0.2, 0) is 4.74 Å². The van der Waals surface area contributed by atoms with Crippen molar-refractivity contribution in [2.45, 2.75) is 6.10 Å². The summed E-state index contributed by atoms with van der Waals surface area (Å²) in [6.07, 6.45) is 4.61. The fourth-order valence-electron chi connectivity index (χ4n) is 2.45. The molecular formula is C16H21ClN2O2. The molecule has 1 heterocycles. The van der Waals surface area contributed by atoms with Crippen LogP contribution in [0.15, 0.2) is 24.3 Å². The van der Waals surface area contributed by atoms with Crippen molar-refractivity contribution in [2.75, 3.05) is 50.8 Å². The van der Waals surface area contributed by atoms with E-state index in [-0.39, 0.29) is 6.61 Å². The van der Waals surface area contributed by atoms with Crippen LogP contribution in [-0.4, -0.2) is 62.0 Å². The van der Waals surface area contributed by atoms with Gasteiger partial charge in [-0.05, 0) is 24.3 Å². The van der Waals surface area contributed by atoms with Crippen molar-refractivity contribution >= 4 is 17.3 Å². The van der Waals surface area contributed by atoms with Crippen LogP contribution in [0.4, 0.5) is 5.69 Å². The van der Waals surface area contributed by atoms with Crippen LogP contribution in [0.1, 0.15) is 0 Å². The zero-order valence-electron chi connectivity index (χ0n) is 12.0. The molecule has 1 aromatic rings. The number of β-amino-alcohol motifs (C(OH)–C–C–N with tert-alkyl or cyclic N) is 1. The van der Waals surface area contributed by atoms with Crippen molar-refractivity contribution in [3.05, 3.63) is 29.3 Å². The molecule has 21 heavy (non-hydrogen) atoms. The summed E-state index contributed by atoms with van der Waals surface area (Å²) in [5.41, 5.74) is 1.19. The lowest BCUT2D eigenvalue weighted by atomic mass is 10.2. The topological polar surface area (TPSA) is 35.9 Å². The van der Waals surface area contributed by atoms with Crippen LogP contribution in [0.3, 0.4) is 0 Å². The molecule has 1 aliphatic rings. The Morgan fingerprint density at radius 3 is 2.52 bits per heavy atom. The Morgan fingerprint density at radius 2 is 1.90 bits per heavy atom. The number of ether oxygens (including phenoxy) is 1. The summed E-state index contributed by atoms with van der Waals surface area (Å²) < 4.78 is 5.15. The number of benzene rings is 1. The van der Waals surface area contributed by atoms with Crippen LogP contribution >= 0.6 is 11.6 Å². The third-order valence-electron chi connectivity index (χ3n) is 3.53. The van der Waals surface area contributed by atoms with Gasteiger partial charge in [0.05, 0.1) is 12.7 Å². The van der Waals surface area contributed by atoms with Gasteiger partial charge >= 0.3 is 0 Å². The van der Waals surface area contributed by atoms with E-state index in [1.54, 1.807) is 0 Å². The Hall–Kier alpha value is -1.25. The zero-order chi connectivity index (χ0) is 15.1. The van der Waals surface area contributed by atoms with E-state index in [1.807, 2.05) is 24.3 Å². The minimum Gasteiger partial charge on any atom is -0.389 e. The summed E-state index contributed by atoms with van der Waals surface area (Å²) >= 11 is 5.90. The number of anilines is 1. The highest BCUT2D eigenvalue weighted by Crippen LogP contribution is 2.19. The van der Waals surface area contributed by atoms with E-state index < -0.39 is 6.10 Å². The average molecular weight is 309 g/mol. The number of rotatable bonds is 6. The summed E-state index contributed by atoms with van der Waals surface area (Å²) in [5.74, 6) is 2.39. The largest absolute Gasteiger partial charge is 0.389 e. The van der Waals surface area contributed by atoms with E-state index >= 15 is 0 Å². The van der Waals surface area contributed by atoms with E-state index in [0.29, 0.717) is 13.2 Å². The molecule has 1 saturated heterocycles. The first-order valence-corrected chi connectivity index (χ1v) is 7.49. The van der Waals surface area contributed by atoms with Gasteiger partial charge in [0, 0.05) is 43.4 Å². The second-order valence-electron chi connectivity index (χ2n) is 5.14. The van der Waals surface area contributed by atoms with Gasteiger partial charge in [-0.2, -0.15) is 0 Å². The SMILES string of the molecule is C#CCOCC(O)CN1CCN(c2ccc(Cl)cc2)CC1. The number of piperazine rings is 1. The molecule has 1 unspecified atom stereocenters. The summed E-state index contributed by atoms with van der Waals surface area (Å²) in [4.78, 5) is 4.57. The van der Waals surface area contributed by atoms with Gasteiger partial charge in [0.25, 0.3) is 0 Å². The van der Waals surface area contributed by atoms with Gasteiger partial charge in [-0.1, -0.05) is 17.5 Å². The van der Waals surface area contributed by atoms with Crippen LogP contribution in [0, 0.1) is 12.3 Å². The predicted octanol–water partition coefficient (Wildman–Crippen LogP) is 1.47. The van der Waals surface area contributed by atoms with E-state index in [0.717, 1.165) is 31.2 Å². The third kappa shape index (κ3) is 5.22. The maximum absolute atomic E-state index is 9.88.